The monoisotopic (exact) mass is 557 g/mol. The van der Waals surface area contributed by atoms with Crippen molar-refractivity contribution in [2.45, 2.75) is 5.92 Å². The number of anilines is 1. The van der Waals surface area contributed by atoms with Crippen LogP contribution in [-0.4, -0.2) is 15.4 Å². The van der Waals surface area contributed by atoms with Crippen molar-refractivity contribution in [2.75, 3.05) is 5.32 Å². The van der Waals surface area contributed by atoms with Crippen LogP contribution in [0.5, 0.6) is 0 Å². The summed E-state index contributed by atoms with van der Waals surface area (Å²) in [6.45, 7) is 0. The number of thiazole rings is 1. The summed E-state index contributed by atoms with van der Waals surface area (Å²) in [5.74, 6) is -3.77. The molecule has 12 heteroatoms. The van der Waals surface area contributed by atoms with Crippen LogP contribution in [0.4, 0.5) is 20.2 Å². The van der Waals surface area contributed by atoms with Gasteiger partial charge in [-0.2, -0.15) is 5.26 Å². The average molecular weight is 558 g/mol. The first-order valence-corrected chi connectivity index (χ1v) is 12.5. The van der Waals surface area contributed by atoms with Gasteiger partial charge in [0.05, 0.1) is 32.6 Å². The highest BCUT2D eigenvalue weighted by Gasteiger charge is 2.37. The number of carbonyl (C=O) groups is 1. The molecule has 5 rings (SSSR count). The lowest BCUT2D eigenvalue weighted by atomic mass is 9.83. The van der Waals surface area contributed by atoms with Crippen LogP contribution in [0.1, 0.15) is 17.0 Å². The molecule has 0 saturated heterocycles. The van der Waals surface area contributed by atoms with Crippen molar-refractivity contribution in [2.24, 2.45) is 5.73 Å². The van der Waals surface area contributed by atoms with Crippen molar-refractivity contribution < 1.29 is 18.5 Å². The number of hydrogen-bond acceptors (Lipinski definition) is 7. The van der Waals surface area contributed by atoms with Crippen molar-refractivity contribution in [1.82, 2.24) is 4.57 Å². The van der Waals surface area contributed by atoms with Crippen molar-refractivity contribution >= 4 is 46.1 Å². The van der Waals surface area contributed by atoms with Crippen molar-refractivity contribution in [3.63, 3.8) is 0 Å². The van der Waals surface area contributed by atoms with Crippen LogP contribution in [-0.2, 0) is 4.79 Å². The Morgan fingerprint density at radius 1 is 1.10 bits per heavy atom. The Kier molecular flexibility index (Phi) is 6.81. The first-order valence-electron chi connectivity index (χ1n) is 11.6. The second-order valence-electron chi connectivity index (χ2n) is 8.62. The van der Waals surface area contributed by atoms with E-state index in [1.54, 1.807) is 6.07 Å². The zero-order valence-corrected chi connectivity index (χ0v) is 21.1. The van der Waals surface area contributed by atoms with Gasteiger partial charge in [0.15, 0.2) is 0 Å². The van der Waals surface area contributed by atoms with Gasteiger partial charge in [-0.25, -0.2) is 8.78 Å². The molecule has 0 aliphatic carbocycles. The molecule has 40 heavy (non-hydrogen) atoms. The number of fused-ring (bicyclic) bond motifs is 1. The third kappa shape index (κ3) is 4.55. The topological polar surface area (TPSA) is 144 Å². The predicted octanol–water partition coefficient (Wildman–Crippen LogP) is 3.16. The van der Waals surface area contributed by atoms with Gasteiger partial charge in [-0.05, 0) is 24.3 Å². The Morgan fingerprint density at radius 3 is 2.48 bits per heavy atom. The Hall–Kier alpha value is -5.41. The minimum absolute atomic E-state index is 0.000253. The number of nitrogens with two attached hydrogens (primary N) is 1. The molecule has 3 N–H and O–H groups in total. The van der Waals surface area contributed by atoms with Crippen LogP contribution in [0, 0.1) is 33.1 Å². The van der Waals surface area contributed by atoms with Crippen LogP contribution in [0.25, 0.3) is 17.5 Å². The summed E-state index contributed by atoms with van der Waals surface area (Å²) in [6.07, 6.45) is 1.29. The van der Waals surface area contributed by atoms with Gasteiger partial charge in [0.2, 0.25) is 0 Å². The molecule has 1 aliphatic rings. The first kappa shape index (κ1) is 26.2. The third-order valence-electron chi connectivity index (χ3n) is 6.24. The Morgan fingerprint density at radius 2 is 1.80 bits per heavy atom. The molecule has 0 bridgehead atoms. The Bertz CT molecular complexity index is 1970. The molecule has 3 aromatic carbocycles. The fourth-order valence-electron chi connectivity index (χ4n) is 4.42. The largest absolute Gasteiger partial charge is 0.384 e. The molecule has 4 aromatic rings. The van der Waals surface area contributed by atoms with E-state index in [2.05, 4.69) is 5.32 Å². The summed E-state index contributed by atoms with van der Waals surface area (Å²) in [4.78, 5) is 37.9. The molecule has 0 spiro atoms. The highest BCUT2D eigenvalue weighted by Crippen LogP contribution is 2.37. The molecule has 2 heterocycles. The highest BCUT2D eigenvalue weighted by atomic mass is 32.1. The minimum atomic E-state index is -1.32. The van der Waals surface area contributed by atoms with Crippen LogP contribution < -0.4 is 25.8 Å². The number of benzene rings is 3. The lowest BCUT2D eigenvalue weighted by Crippen LogP contribution is -2.41. The number of hydrogen-bond donors (Lipinski definition) is 2. The van der Waals surface area contributed by atoms with Crippen LogP contribution in [0.15, 0.2) is 83.2 Å². The number of non-ortho nitro benzene ring substituents is 1. The van der Waals surface area contributed by atoms with Crippen LogP contribution in [0.2, 0.25) is 0 Å². The maximum Gasteiger partial charge on any atom is 0.274 e. The fraction of sp³-hybridized carbons (Fsp3) is 0.0357. The maximum atomic E-state index is 15.1. The van der Waals surface area contributed by atoms with E-state index in [1.165, 1.54) is 60.7 Å². The number of nitro benzene ring substituents is 1. The molecule has 1 aliphatic heterocycles. The molecule has 1 unspecified atom stereocenters. The number of rotatable bonds is 5. The zero-order valence-electron chi connectivity index (χ0n) is 20.3. The molecule has 198 valence electrons. The number of allylic oxidation sites excluding steroid dienone is 1. The van der Waals surface area contributed by atoms with Crippen molar-refractivity contribution in [3.8, 4) is 6.07 Å². The average Bonchev–Trinajstić information content (AvgIpc) is 3.25. The number of carbonyl (C=O) groups excluding carboxylic acids is 1. The van der Waals surface area contributed by atoms with Crippen molar-refractivity contribution in [1.29, 1.82) is 5.26 Å². The van der Waals surface area contributed by atoms with Gasteiger partial charge in [-0.1, -0.05) is 42.5 Å². The standard InChI is InChI=1S/C28H17F2N5O4S/c29-20-10-3-1-6-15(20)12-22-27(37)34-25(32)19(14-31)23(18-9-2-4-11-21(18)30)24(28(34)40-22)26(36)33-16-7-5-8-17(13-16)35(38)39/h1-13,23H,32H2,(H,33,36)/b22-12-. The Balaban J connectivity index is 1.82. The summed E-state index contributed by atoms with van der Waals surface area (Å²) < 4.78 is 30.5. The van der Waals surface area contributed by atoms with Gasteiger partial charge in [-0.15, -0.1) is 11.3 Å². The summed E-state index contributed by atoms with van der Waals surface area (Å²) in [5, 5.41) is 23.9. The molecule has 1 aromatic heterocycles. The maximum absolute atomic E-state index is 15.1. The zero-order chi connectivity index (χ0) is 28.6. The van der Waals surface area contributed by atoms with Gasteiger partial charge < -0.3 is 11.1 Å². The minimum Gasteiger partial charge on any atom is -0.384 e. The SMILES string of the molecule is N#CC1=C(N)n2c(s/c(=C\c3ccccc3F)c2=O)=C(C(=O)Nc2cccc([N+](=O)[O-])c2)C1c1ccccc1F. The van der Waals surface area contributed by atoms with E-state index in [1.807, 2.05) is 6.07 Å². The van der Waals surface area contributed by atoms with Gasteiger partial charge in [0.25, 0.3) is 17.2 Å². The molecule has 0 fully saturated rings. The number of aromatic nitrogens is 1. The van der Waals surface area contributed by atoms with Gasteiger partial charge in [-0.3, -0.25) is 24.3 Å². The first-order chi connectivity index (χ1) is 19.2. The van der Waals surface area contributed by atoms with E-state index in [-0.39, 0.29) is 48.7 Å². The van der Waals surface area contributed by atoms with E-state index in [4.69, 9.17) is 5.73 Å². The molecular formula is C28H17F2N5O4S. The van der Waals surface area contributed by atoms with Gasteiger partial charge >= 0.3 is 0 Å². The van der Waals surface area contributed by atoms with Crippen LogP contribution in [0.3, 0.4) is 0 Å². The predicted molar refractivity (Wildman–Crippen MR) is 145 cm³/mol. The summed E-state index contributed by atoms with van der Waals surface area (Å²) in [6, 6.07) is 18.3. The summed E-state index contributed by atoms with van der Waals surface area (Å²) in [5.41, 5.74) is 4.98. The van der Waals surface area contributed by atoms with E-state index < -0.39 is 33.9 Å². The molecule has 9 nitrogen and oxygen atoms in total. The van der Waals surface area contributed by atoms with E-state index in [9.17, 15) is 29.4 Å². The molecule has 0 radical (unpaired) electrons. The fourth-order valence-corrected chi connectivity index (χ4v) is 5.58. The second-order valence-corrected chi connectivity index (χ2v) is 9.65. The number of halogens is 2. The normalized spacial score (nSPS) is 15.0. The van der Waals surface area contributed by atoms with Gasteiger partial charge in [0.1, 0.15) is 22.1 Å². The molecule has 1 amide bonds. The number of amides is 1. The summed E-state index contributed by atoms with van der Waals surface area (Å²) >= 11 is 0.817. The lowest BCUT2D eigenvalue weighted by Gasteiger charge is -2.25. The van der Waals surface area contributed by atoms with E-state index in [0.717, 1.165) is 28.0 Å². The quantitative estimate of drug-likeness (QED) is 0.285. The van der Waals surface area contributed by atoms with E-state index >= 15 is 4.39 Å². The molecule has 0 saturated carbocycles. The number of nitrogens with one attached hydrogen (secondary N) is 1. The van der Waals surface area contributed by atoms with Crippen molar-refractivity contribution in [3.05, 3.63) is 131 Å². The second kappa shape index (κ2) is 10.4. The number of nitriles is 1. The molecular weight excluding hydrogens is 540 g/mol. The third-order valence-corrected chi connectivity index (χ3v) is 7.34. The van der Waals surface area contributed by atoms with E-state index in [0.29, 0.717) is 0 Å². The lowest BCUT2D eigenvalue weighted by molar-refractivity contribution is -0.384. The smallest absolute Gasteiger partial charge is 0.274 e. The number of nitrogens with zero attached hydrogens (tertiary/aromatic N) is 3. The Labute approximate surface area is 228 Å². The highest BCUT2D eigenvalue weighted by molar-refractivity contribution is 7.07. The number of nitro groups is 1. The molecule has 1 atom stereocenters. The van der Waals surface area contributed by atoms with Crippen LogP contribution >= 0.6 is 11.3 Å². The van der Waals surface area contributed by atoms with Gasteiger partial charge in [0, 0.05) is 28.9 Å². The summed E-state index contributed by atoms with van der Waals surface area (Å²) in [7, 11) is 0.